The van der Waals surface area contributed by atoms with E-state index in [2.05, 4.69) is 5.16 Å². The van der Waals surface area contributed by atoms with Crippen molar-refractivity contribution >= 4 is 11.8 Å². The number of hydrogen-bond donors (Lipinski definition) is 0. The van der Waals surface area contributed by atoms with E-state index in [0.717, 1.165) is 11.1 Å². The van der Waals surface area contributed by atoms with Gasteiger partial charge < -0.3 is 9.57 Å². The minimum absolute atomic E-state index is 0.109. The van der Waals surface area contributed by atoms with E-state index in [1.165, 1.54) is 5.06 Å². The first kappa shape index (κ1) is 16.0. The fraction of sp³-hybridized carbons (Fsp3) is 0.222. The highest BCUT2D eigenvalue weighted by Crippen LogP contribution is 2.08. The van der Waals surface area contributed by atoms with Gasteiger partial charge in [0.2, 0.25) is 5.90 Å². The molecule has 3 rings (SSSR count). The summed E-state index contributed by atoms with van der Waals surface area (Å²) in [6, 6.07) is 19.3. The summed E-state index contributed by atoms with van der Waals surface area (Å²) >= 11 is 0. The van der Waals surface area contributed by atoms with Gasteiger partial charge in [-0.2, -0.15) is 0 Å². The van der Waals surface area contributed by atoms with Gasteiger partial charge in [0.25, 0.3) is 5.91 Å². The van der Waals surface area contributed by atoms with E-state index in [9.17, 15) is 4.79 Å². The van der Waals surface area contributed by atoms with Crippen LogP contribution in [-0.4, -0.2) is 30.0 Å². The van der Waals surface area contributed by atoms with Crippen LogP contribution in [0.3, 0.4) is 0 Å². The fourth-order valence-corrected chi connectivity index (χ4v) is 2.13. The molecular formula is C18H18N2O4. The Hall–Kier alpha value is -2.86. The van der Waals surface area contributed by atoms with Crippen LogP contribution in [0.5, 0.6) is 0 Å². The number of amides is 1. The van der Waals surface area contributed by atoms with Gasteiger partial charge in [0.15, 0.2) is 6.61 Å². The van der Waals surface area contributed by atoms with Crippen molar-refractivity contribution in [3.05, 3.63) is 71.8 Å². The minimum Gasteiger partial charge on any atom is -0.467 e. The van der Waals surface area contributed by atoms with Crippen LogP contribution < -0.4 is 0 Å². The molecule has 1 heterocycles. The number of morpholine rings is 1. The first-order chi connectivity index (χ1) is 11.8. The number of benzene rings is 2. The highest BCUT2D eigenvalue weighted by Gasteiger charge is 2.25. The van der Waals surface area contributed by atoms with Crippen molar-refractivity contribution in [1.29, 1.82) is 0 Å². The molecule has 0 unspecified atom stereocenters. The molecule has 1 fully saturated rings. The fourth-order valence-electron chi connectivity index (χ4n) is 2.13. The summed E-state index contributed by atoms with van der Waals surface area (Å²) in [6.45, 7) is 0.667. The number of nitrogens with zero attached hydrogens (tertiary/aromatic N) is 2. The van der Waals surface area contributed by atoms with Crippen LogP contribution in [0.15, 0.2) is 65.8 Å². The lowest BCUT2D eigenvalue weighted by Crippen LogP contribution is -2.44. The maximum absolute atomic E-state index is 11.8. The van der Waals surface area contributed by atoms with Gasteiger partial charge in [-0.05, 0) is 16.3 Å². The highest BCUT2D eigenvalue weighted by atomic mass is 16.7. The molecule has 124 valence electrons. The van der Waals surface area contributed by atoms with E-state index in [4.69, 9.17) is 14.4 Å². The molecule has 1 saturated heterocycles. The zero-order chi connectivity index (χ0) is 16.6. The molecule has 0 aromatic heterocycles. The summed E-state index contributed by atoms with van der Waals surface area (Å²) in [7, 11) is 0. The minimum atomic E-state index is -0.243. The van der Waals surface area contributed by atoms with Crippen molar-refractivity contribution in [3.8, 4) is 0 Å². The number of ether oxygens (including phenoxy) is 1. The molecule has 6 heteroatoms. The molecule has 0 N–H and O–H groups in total. The van der Waals surface area contributed by atoms with Gasteiger partial charge in [-0.25, -0.2) is 5.06 Å². The van der Waals surface area contributed by atoms with Gasteiger partial charge in [-0.1, -0.05) is 60.7 Å². The van der Waals surface area contributed by atoms with Crippen molar-refractivity contribution in [3.63, 3.8) is 0 Å². The number of hydroxylamine groups is 2. The van der Waals surface area contributed by atoms with Crippen LogP contribution in [0.4, 0.5) is 0 Å². The molecule has 0 aliphatic carbocycles. The lowest BCUT2D eigenvalue weighted by Gasteiger charge is -2.26. The molecule has 24 heavy (non-hydrogen) atoms. The quantitative estimate of drug-likeness (QED) is 0.765. The van der Waals surface area contributed by atoms with Crippen molar-refractivity contribution in [1.82, 2.24) is 5.06 Å². The summed E-state index contributed by atoms with van der Waals surface area (Å²) in [5.41, 5.74) is 1.99. The van der Waals surface area contributed by atoms with E-state index in [1.54, 1.807) is 0 Å². The van der Waals surface area contributed by atoms with Crippen molar-refractivity contribution in [2.75, 3.05) is 13.2 Å². The van der Waals surface area contributed by atoms with Crippen LogP contribution in [0.2, 0.25) is 0 Å². The molecule has 0 bridgehead atoms. The third-order valence-corrected chi connectivity index (χ3v) is 3.39. The van der Waals surface area contributed by atoms with E-state index in [-0.39, 0.29) is 19.1 Å². The molecule has 1 aliphatic rings. The maximum atomic E-state index is 11.8. The molecule has 2 aromatic carbocycles. The highest BCUT2D eigenvalue weighted by molar-refractivity contribution is 5.89. The Bertz CT molecular complexity index is 689. The SMILES string of the molecule is O=C1CO/C(=N\OCc2ccccc2)CN1OCc1ccccc1. The summed E-state index contributed by atoms with van der Waals surface area (Å²) in [5, 5.41) is 5.19. The number of carbonyl (C=O) groups excluding carboxylic acids is 1. The van der Waals surface area contributed by atoms with E-state index in [1.807, 2.05) is 60.7 Å². The normalized spacial score (nSPS) is 16.1. The van der Waals surface area contributed by atoms with Crippen LogP contribution in [0.1, 0.15) is 11.1 Å². The van der Waals surface area contributed by atoms with E-state index < -0.39 is 0 Å². The molecule has 0 radical (unpaired) electrons. The van der Waals surface area contributed by atoms with Gasteiger partial charge >= 0.3 is 0 Å². The van der Waals surface area contributed by atoms with Gasteiger partial charge in [-0.15, -0.1) is 0 Å². The van der Waals surface area contributed by atoms with Crippen LogP contribution in [0.25, 0.3) is 0 Å². The summed E-state index contributed by atoms with van der Waals surface area (Å²) < 4.78 is 5.26. The largest absolute Gasteiger partial charge is 0.467 e. The monoisotopic (exact) mass is 326 g/mol. The predicted molar refractivity (Wildman–Crippen MR) is 87.6 cm³/mol. The van der Waals surface area contributed by atoms with Crippen LogP contribution >= 0.6 is 0 Å². The summed E-state index contributed by atoms with van der Waals surface area (Å²) in [5.74, 6) is 0.0755. The van der Waals surface area contributed by atoms with E-state index >= 15 is 0 Å². The van der Waals surface area contributed by atoms with Gasteiger partial charge in [0, 0.05) is 0 Å². The number of carbonyl (C=O) groups is 1. The Morgan fingerprint density at radius 1 is 0.958 bits per heavy atom. The molecule has 1 amide bonds. The van der Waals surface area contributed by atoms with E-state index in [0.29, 0.717) is 19.1 Å². The van der Waals surface area contributed by atoms with Gasteiger partial charge in [0.05, 0.1) is 0 Å². The van der Waals surface area contributed by atoms with Gasteiger partial charge in [-0.3, -0.25) is 9.63 Å². The Morgan fingerprint density at radius 2 is 1.58 bits per heavy atom. The maximum Gasteiger partial charge on any atom is 0.284 e. The summed E-state index contributed by atoms with van der Waals surface area (Å²) in [6.07, 6.45) is 0. The average Bonchev–Trinajstić information content (AvgIpc) is 2.64. The predicted octanol–water partition coefficient (Wildman–Crippen LogP) is 2.51. The molecule has 0 atom stereocenters. The zero-order valence-corrected chi connectivity index (χ0v) is 13.1. The summed E-state index contributed by atoms with van der Waals surface area (Å²) in [4.78, 5) is 22.7. The molecule has 0 spiro atoms. The number of oxime groups is 1. The standard InChI is InChI=1S/C18H18N2O4/c21-18-14-22-17(19-23-12-15-7-3-1-4-8-15)11-20(18)24-13-16-9-5-2-6-10-16/h1-10H,11-14H2/b19-17-. The van der Waals surface area contributed by atoms with Crippen molar-refractivity contribution < 1.29 is 19.2 Å². The van der Waals surface area contributed by atoms with Gasteiger partial charge in [0.1, 0.15) is 19.8 Å². The Kier molecular flexibility index (Phi) is 5.42. The third kappa shape index (κ3) is 4.57. The lowest BCUT2D eigenvalue weighted by atomic mass is 10.2. The first-order valence-corrected chi connectivity index (χ1v) is 7.64. The number of rotatable bonds is 6. The number of hydrogen-bond acceptors (Lipinski definition) is 5. The second-order valence-electron chi connectivity index (χ2n) is 5.22. The topological polar surface area (TPSA) is 60.4 Å². The molecule has 6 nitrogen and oxygen atoms in total. The second kappa shape index (κ2) is 8.12. The first-order valence-electron chi connectivity index (χ1n) is 7.64. The molecule has 1 aliphatic heterocycles. The van der Waals surface area contributed by atoms with Crippen LogP contribution in [0, 0.1) is 0 Å². The average molecular weight is 326 g/mol. The lowest BCUT2D eigenvalue weighted by molar-refractivity contribution is -0.195. The molecule has 0 saturated carbocycles. The second-order valence-corrected chi connectivity index (χ2v) is 5.22. The van der Waals surface area contributed by atoms with Crippen molar-refractivity contribution in [2.24, 2.45) is 5.16 Å². The zero-order valence-electron chi connectivity index (χ0n) is 13.1. The molecule has 2 aromatic rings. The molecular weight excluding hydrogens is 308 g/mol. The smallest absolute Gasteiger partial charge is 0.284 e. The third-order valence-electron chi connectivity index (χ3n) is 3.39. The van der Waals surface area contributed by atoms with Crippen molar-refractivity contribution in [2.45, 2.75) is 13.2 Å². The Morgan fingerprint density at radius 3 is 2.25 bits per heavy atom. The Balaban J connectivity index is 1.51. The Labute approximate surface area is 140 Å². The van der Waals surface area contributed by atoms with Crippen LogP contribution in [-0.2, 0) is 32.4 Å².